The second-order valence-electron chi connectivity index (χ2n) is 4.61. The van der Waals surface area contributed by atoms with Gasteiger partial charge in [0.25, 0.3) is 11.6 Å². The van der Waals surface area contributed by atoms with E-state index in [9.17, 15) is 14.9 Å². The average molecular weight is 277 g/mol. The van der Waals surface area contributed by atoms with Crippen molar-refractivity contribution in [1.82, 2.24) is 5.32 Å². The summed E-state index contributed by atoms with van der Waals surface area (Å²) < 4.78 is 4.86. The average Bonchev–Trinajstić information content (AvgIpc) is 2.38. The van der Waals surface area contributed by atoms with Crippen LogP contribution >= 0.6 is 0 Å². The lowest BCUT2D eigenvalue weighted by molar-refractivity contribution is -0.385. The Morgan fingerprint density at radius 1 is 1.60 bits per heavy atom. The standard InChI is InChI=1S/C13H15N3O4/c1-9-4-5-11(16(18)19)10(6-9)12(17)15-13(2,7-14)8-20-3/h4-6H,8H2,1-3H3,(H,15,17)/t13-/m1/s1. The molecule has 1 atom stereocenters. The topological polar surface area (TPSA) is 105 Å². The number of hydrogen-bond donors (Lipinski definition) is 1. The third-order valence-electron chi connectivity index (χ3n) is 2.66. The summed E-state index contributed by atoms with van der Waals surface area (Å²) in [5.74, 6) is -0.679. The quantitative estimate of drug-likeness (QED) is 0.649. The molecule has 0 radical (unpaired) electrons. The Labute approximate surface area is 116 Å². The third-order valence-corrected chi connectivity index (χ3v) is 2.66. The van der Waals surface area contributed by atoms with Crippen LogP contribution in [0.1, 0.15) is 22.8 Å². The van der Waals surface area contributed by atoms with E-state index in [2.05, 4.69) is 5.32 Å². The van der Waals surface area contributed by atoms with Crippen LogP contribution in [0.2, 0.25) is 0 Å². The van der Waals surface area contributed by atoms with E-state index in [4.69, 9.17) is 10.00 Å². The number of nitriles is 1. The molecule has 0 saturated heterocycles. The molecule has 0 saturated carbocycles. The number of methoxy groups -OCH3 is 1. The highest BCUT2D eigenvalue weighted by atomic mass is 16.6. The first-order valence-corrected chi connectivity index (χ1v) is 5.80. The Hall–Kier alpha value is -2.46. The summed E-state index contributed by atoms with van der Waals surface area (Å²) in [6.45, 7) is 3.18. The van der Waals surface area contributed by atoms with Gasteiger partial charge >= 0.3 is 0 Å². The SMILES string of the molecule is COC[C@@](C)(C#N)NC(=O)c1cc(C)ccc1[N+](=O)[O-]. The molecule has 1 aromatic rings. The Kier molecular flexibility index (Phi) is 4.78. The number of nitrogens with zero attached hydrogens (tertiary/aromatic N) is 2. The molecule has 0 fully saturated rings. The first-order valence-electron chi connectivity index (χ1n) is 5.80. The maximum absolute atomic E-state index is 12.1. The molecule has 106 valence electrons. The molecule has 0 aliphatic carbocycles. The van der Waals surface area contributed by atoms with Crippen LogP contribution in [0.15, 0.2) is 18.2 Å². The van der Waals surface area contributed by atoms with Crippen LogP contribution in [-0.2, 0) is 4.74 Å². The molecule has 0 aliphatic heterocycles. The monoisotopic (exact) mass is 277 g/mol. The summed E-state index contributed by atoms with van der Waals surface area (Å²) in [5, 5.41) is 22.5. The van der Waals surface area contributed by atoms with Gasteiger partial charge in [0.2, 0.25) is 0 Å². The molecular formula is C13H15N3O4. The number of hydrogen-bond acceptors (Lipinski definition) is 5. The first-order chi connectivity index (χ1) is 9.33. The fourth-order valence-corrected chi connectivity index (χ4v) is 1.69. The summed E-state index contributed by atoms with van der Waals surface area (Å²) in [5.41, 5.74) is -0.909. The lowest BCUT2D eigenvalue weighted by Gasteiger charge is -2.22. The van der Waals surface area contributed by atoms with Gasteiger partial charge in [0, 0.05) is 13.2 Å². The van der Waals surface area contributed by atoms with Crippen LogP contribution in [-0.4, -0.2) is 30.1 Å². The van der Waals surface area contributed by atoms with E-state index in [-0.39, 0.29) is 17.9 Å². The Balaban J connectivity index is 3.12. The molecule has 0 heterocycles. The van der Waals surface area contributed by atoms with E-state index < -0.39 is 16.4 Å². The van der Waals surface area contributed by atoms with Gasteiger partial charge in [-0.25, -0.2) is 0 Å². The number of nitro groups is 1. The number of ether oxygens (including phenoxy) is 1. The molecule has 0 aromatic heterocycles. The van der Waals surface area contributed by atoms with Crippen molar-refractivity contribution in [1.29, 1.82) is 5.26 Å². The van der Waals surface area contributed by atoms with Crippen molar-refractivity contribution in [3.05, 3.63) is 39.4 Å². The van der Waals surface area contributed by atoms with Gasteiger partial charge in [-0.2, -0.15) is 5.26 Å². The van der Waals surface area contributed by atoms with Crippen LogP contribution < -0.4 is 5.32 Å². The normalized spacial score (nSPS) is 13.1. The van der Waals surface area contributed by atoms with Crippen molar-refractivity contribution in [2.24, 2.45) is 0 Å². The Bertz CT molecular complexity index is 579. The number of nitrogens with one attached hydrogen (secondary N) is 1. The minimum absolute atomic E-state index is 0.0190. The molecule has 7 heteroatoms. The predicted octanol–water partition coefficient (Wildman–Crippen LogP) is 1.56. The molecule has 0 spiro atoms. The Morgan fingerprint density at radius 2 is 2.25 bits per heavy atom. The van der Waals surface area contributed by atoms with Crippen LogP contribution in [0.4, 0.5) is 5.69 Å². The van der Waals surface area contributed by atoms with Gasteiger partial charge < -0.3 is 10.1 Å². The second-order valence-corrected chi connectivity index (χ2v) is 4.61. The summed E-state index contributed by atoms with van der Waals surface area (Å²) in [6, 6.07) is 6.15. The zero-order valence-electron chi connectivity index (χ0n) is 11.5. The molecule has 0 unspecified atom stereocenters. The van der Waals surface area contributed by atoms with Gasteiger partial charge in [-0.1, -0.05) is 6.07 Å². The fraction of sp³-hybridized carbons (Fsp3) is 0.385. The number of amides is 1. The number of carbonyl (C=O) groups excluding carboxylic acids is 1. The predicted molar refractivity (Wildman–Crippen MR) is 71.2 cm³/mol. The highest BCUT2D eigenvalue weighted by Crippen LogP contribution is 2.20. The number of nitro benzene ring substituents is 1. The van der Waals surface area contributed by atoms with Gasteiger partial charge in [-0.15, -0.1) is 0 Å². The van der Waals surface area contributed by atoms with E-state index in [0.717, 1.165) is 0 Å². The molecule has 0 aliphatic rings. The van der Waals surface area contributed by atoms with Crippen molar-refractivity contribution >= 4 is 11.6 Å². The second kappa shape index (κ2) is 6.12. The van der Waals surface area contributed by atoms with Crippen molar-refractivity contribution in [3.8, 4) is 6.07 Å². The van der Waals surface area contributed by atoms with Gasteiger partial charge in [0.05, 0.1) is 17.6 Å². The molecule has 0 bridgehead atoms. The minimum Gasteiger partial charge on any atom is -0.381 e. The maximum Gasteiger partial charge on any atom is 0.282 e. The number of aryl methyl sites for hydroxylation is 1. The van der Waals surface area contributed by atoms with Gasteiger partial charge in [0.15, 0.2) is 0 Å². The van der Waals surface area contributed by atoms with Gasteiger partial charge in [-0.05, 0) is 25.5 Å². The van der Waals surface area contributed by atoms with Gasteiger partial charge in [0.1, 0.15) is 11.1 Å². The lowest BCUT2D eigenvalue weighted by Crippen LogP contribution is -2.48. The smallest absolute Gasteiger partial charge is 0.282 e. The molecule has 7 nitrogen and oxygen atoms in total. The van der Waals surface area contributed by atoms with E-state index >= 15 is 0 Å². The minimum atomic E-state index is -1.25. The van der Waals surface area contributed by atoms with E-state index in [1.807, 2.05) is 6.07 Å². The molecule has 1 aromatic carbocycles. The van der Waals surface area contributed by atoms with E-state index in [0.29, 0.717) is 5.56 Å². The first kappa shape index (κ1) is 15.6. The highest BCUT2D eigenvalue weighted by molar-refractivity contribution is 5.99. The number of benzene rings is 1. The van der Waals surface area contributed by atoms with Crippen LogP contribution in [0.5, 0.6) is 0 Å². The highest BCUT2D eigenvalue weighted by Gasteiger charge is 2.29. The third kappa shape index (κ3) is 3.52. The molecule has 20 heavy (non-hydrogen) atoms. The molecule has 1 amide bonds. The van der Waals surface area contributed by atoms with Crippen molar-refractivity contribution in [2.45, 2.75) is 19.4 Å². The summed E-state index contributed by atoms with van der Waals surface area (Å²) in [4.78, 5) is 22.5. The zero-order chi connectivity index (χ0) is 15.3. The summed E-state index contributed by atoms with van der Waals surface area (Å²) in [6.07, 6.45) is 0. The summed E-state index contributed by atoms with van der Waals surface area (Å²) >= 11 is 0. The van der Waals surface area contributed by atoms with Gasteiger partial charge in [-0.3, -0.25) is 14.9 Å². The van der Waals surface area contributed by atoms with Crippen molar-refractivity contribution < 1.29 is 14.5 Å². The largest absolute Gasteiger partial charge is 0.381 e. The lowest BCUT2D eigenvalue weighted by atomic mass is 10.0. The van der Waals surface area contributed by atoms with Crippen molar-refractivity contribution in [3.63, 3.8) is 0 Å². The van der Waals surface area contributed by atoms with E-state index in [1.165, 1.54) is 26.2 Å². The van der Waals surface area contributed by atoms with Crippen LogP contribution in [0.25, 0.3) is 0 Å². The van der Waals surface area contributed by atoms with E-state index in [1.54, 1.807) is 13.0 Å². The molecular weight excluding hydrogens is 262 g/mol. The maximum atomic E-state index is 12.1. The molecule has 1 N–H and O–H groups in total. The Morgan fingerprint density at radius 3 is 2.75 bits per heavy atom. The number of rotatable bonds is 5. The molecule has 1 rings (SSSR count). The number of carbonyl (C=O) groups is 1. The van der Waals surface area contributed by atoms with Crippen LogP contribution in [0.3, 0.4) is 0 Å². The van der Waals surface area contributed by atoms with Crippen molar-refractivity contribution in [2.75, 3.05) is 13.7 Å². The van der Waals surface area contributed by atoms with Crippen LogP contribution in [0, 0.1) is 28.4 Å². The zero-order valence-corrected chi connectivity index (χ0v) is 11.5. The summed E-state index contributed by atoms with van der Waals surface area (Å²) in [7, 11) is 1.40. The fourth-order valence-electron chi connectivity index (χ4n) is 1.69.